The summed E-state index contributed by atoms with van der Waals surface area (Å²) >= 11 is 0. The van der Waals surface area contributed by atoms with Gasteiger partial charge >= 0.3 is 12.3 Å². The zero-order valence-electron chi connectivity index (χ0n) is 25.1. The summed E-state index contributed by atoms with van der Waals surface area (Å²) in [6, 6.07) is 10.5. The standard InChI is InChI=1S/C32H29F4N5O4/c1-17-6-7-19(15-38-17)22-10-18(14-37)11-23-27(22)39-28(41(29(23)42)21-8-9-26(44-5)24(33)13-21)25-12-20(32(34,35)36)16-40(25)30(43)45-31(2,3)4/h6-11,13,15,20,25H,12,16H2,1-5H3/t20-,25-/m0/s1. The van der Waals surface area contributed by atoms with Crippen LogP contribution in [0.1, 0.15) is 50.3 Å². The third-order valence-corrected chi connectivity index (χ3v) is 7.43. The van der Waals surface area contributed by atoms with Crippen molar-refractivity contribution in [1.82, 2.24) is 19.4 Å². The van der Waals surface area contributed by atoms with Crippen molar-refractivity contribution in [3.8, 4) is 28.6 Å². The Bertz CT molecular complexity index is 1890. The SMILES string of the molecule is COc1ccc(-n2c([C@@H]3C[C@H](C(F)(F)F)CN3C(=O)OC(C)(C)C)nc3c(-c4ccc(C)nc4)cc(C#N)cc3c2=O)cc1F. The van der Waals surface area contributed by atoms with Gasteiger partial charge in [0.15, 0.2) is 11.6 Å². The fourth-order valence-electron chi connectivity index (χ4n) is 5.33. The van der Waals surface area contributed by atoms with Crippen molar-refractivity contribution in [3.63, 3.8) is 0 Å². The van der Waals surface area contributed by atoms with Gasteiger partial charge in [-0.15, -0.1) is 0 Å². The van der Waals surface area contributed by atoms with Crippen molar-refractivity contribution < 1.29 is 31.8 Å². The molecule has 0 aliphatic carbocycles. The van der Waals surface area contributed by atoms with Crippen LogP contribution in [0.3, 0.4) is 0 Å². The predicted molar refractivity (Wildman–Crippen MR) is 156 cm³/mol. The van der Waals surface area contributed by atoms with Gasteiger partial charge in [-0.25, -0.2) is 14.2 Å². The lowest BCUT2D eigenvalue weighted by Gasteiger charge is -2.29. The summed E-state index contributed by atoms with van der Waals surface area (Å²) in [5.74, 6) is -3.16. The van der Waals surface area contributed by atoms with Crippen molar-refractivity contribution >= 4 is 17.0 Å². The van der Waals surface area contributed by atoms with E-state index in [0.29, 0.717) is 16.8 Å². The number of carbonyl (C=O) groups is 1. The van der Waals surface area contributed by atoms with Crippen LogP contribution in [-0.2, 0) is 4.74 Å². The Morgan fingerprint density at radius 1 is 1.11 bits per heavy atom. The zero-order chi connectivity index (χ0) is 32.8. The number of carbonyl (C=O) groups excluding carboxylic acids is 1. The first-order valence-electron chi connectivity index (χ1n) is 14.0. The van der Waals surface area contributed by atoms with Crippen molar-refractivity contribution in [2.75, 3.05) is 13.7 Å². The van der Waals surface area contributed by atoms with Gasteiger partial charge in [-0.1, -0.05) is 6.07 Å². The summed E-state index contributed by atoms with van der Waals surface area (Å²) in [7, 11) is 1.26. The molecule has 0 spiro atoms. The highest BCUT2D eigenvalue weighted by molar-refractivity contribution is 5.94. The first kappa shape index (κ1) is 31.4. The molecule has 0 saturated carbocycles. The van der Waals surface area contributed by atoms with Crippen LogP contribution in [0.4, 0.5) is 22.4 Å². The number of rotatable bonds is 4. The van der Waals surface area contributed by atoms with Gasteiger partial charge in [-0.2, -0.15) is 18.4 Å². The number of benzene rings is 2. The molecule has 1 fully saturated rings. The molecule has 0 bridgehead atoms. The summed E-state index contributed by atoms with van der Waals surface area (Å²) in [4.78, 5) is 37.6. The summed E-state index contributed by atoms with van der Waals surface area (Å²) in [6.45, 7) is 5.78. The Balaban J connectivity index is 1.86. The van der Waals surface area contributed by atoms with Crippen LogP contribution in [0, 0.1) is 30.0 Å². The maximum atomic E-state index is 15.0. The molecule has 45 heavy (non-hydrogen) atoms. The van der Waals surface area contributed by atoms with Crippen molar-refractivity contribution in [1.29, 1.82) is 5.26 Å². The van der Waals surface area contributed by atoms with Gasteiger partial charge in [0.2, 0.25) is 0 Å². The van der Waals surface area contributed by atoms with E-state index in [9.17, 15) is 32.4 Å². The number of nitrogens with zero attached hydrogens (tertiary/aromatic N) is 5. The van der Waals surface area contributed by atoms with Crippen LogP contribution < -0.4 is 10.3 Å². The second-order valence-electron chi connectivity index (χ2n) is 11.8. The van der Waals surface area contributed by atoms with E-state index in [0.717, 1.165) is 15.5 Å². The molecule has 0 radical (unpaired) electrons. The molecule has 1 saturated heterocycles. The maximum Gasteiger partial charge on any atom is 0.410 e. The Morgan fingerprint density at radius 3 is 2.42 bits per heavy atom. The van der Waals surface area contributed by atoms with E-state index in [2.05, 4.69) is 4.98 Å². The normalized spacial score (nSPS) is 16.9. The molecule has 0 unspecified atom stereocenters. The number of alkyl halides is 3. The minimum atomic E-state index is -4.68. The smallest absolute Gasteiger partial charge is 0.410 e. The van der Waals surface area contributed by atoms with Crippen LogP contribution in [0.15, 0.2) is 53.5 Å². The lowest BCUT2D eigenvalue weighted by Crippen LogP contribution is -2.39. The first-order valence-corrected chi connectivity index (χ1v) is 14.0. The van der Waals surface area contributed by atoms with Crippen LogP contribution in [0.2, 0.25) is 0 Å². The summed E-state index contributed by atoms with van der Waals surface area (Å²) < 4.78 is 68.9. The van der Waals surface area contributed by atoms with E-state index in [1.165, 1.54) is 37.6 Å². The average molecular weight is 624 g/mol. The maximum absolute atomic E-state index is 15.0. The van der Waals surface area contributed by atoms with E-state index in [1.54, 1.807) is 39.8 Å². The fraction of sp³-hybridized carbons (Fsp3) is 0.344. The monoisotopic (exact) mass is 623 g/mol. The van der Waals surface area contributed by atoms with E-state index < -0.39 is 54.2 Å². The number of hydrogen-bond donors (Lipinski definition) is 0. The molecule has 2 aromatic heterocycles. The summed E-state index contributed by atoms with van der Waals surface area (Å²) in [5, 5.41) is 9.74. The molecule has 13 heteroatoms. The van der Waals surface area contributed by atoms with Crippen LogP contribution in [0.5, 0.6) is 5.75 Å². The van der Waals surface area contributed by atoms with E-state index >= 15 is 0 Å². The average Bonchev–Trinajstić information content (AvgIpc) is 3.43. The Labute approximate surface area is 255 Å². The molecule has 1 amide bonds. The highest BCUT2D eigenvalue weighted by Gasteiger charge is 2.51. The van der Waals surface area contributed by atoms with E-state index in [1.807, 2.05) is 6.07 Å². The molecule has 1 aliphatic heterocycles. The second kappa shape index (κ2) is 11.5. The number of nitriles is 1. The summed E-state index contributed by atoms with van der Waals surface area (Å²) in [5.41, 5.74) is -0.160. The van der Waals surface area contributed by atoms with E-state index in [4.69, 9.17) is 14.5 Å². The van der Waals surface area contributed by atoms with Gasteiger partial charge in [0, 0.05) is 35.6 Å². The summed E-state index contributed by atoms with van der Waals surface area (Å²) in [6.07, 6.45) is -4.80. The van der Waals surface area contributed by atoms with Crippen LogP contribution in [-0.4, -0.2) is 51.0 Å². The lowest BCUT2D eigenvalue weighted by molar-refractivity contribution is -0.170. The van der Waals surface area contributed by atoms with Crippen molar-refractivity contribution in [2.45, 2.75) is 51.9 Å². The number of pyridine rings is 1. The molecule has 9 nitrogen and oxygen atoms in total. The number of ether oxygens (including phenoxy) is 2. The van der Waals surface area contributed by atoms with Crippen molar-refractivity contribution in [3.05, 3.63) is 81.9 Å². The molecular formula is C32H29F4N5O4. The minimum absolute atomic E-state index is 0.0428. The quantitative estimate of drug-likeness (QED) is 0.235. The van der Waals surface area contributed by atoms with E-state index in [-0.39, 0.29) is 33.7 Å². The number of aromatic nitrogens is 3. The third kappa shape index (κ3) is 6.18. The predicted octanol–water partition coefficient (Wildman–Crippen LogP) is 6.64. The molecule has 1 aliphatic rings. The number of fused-ring (bicyclic) bond motifs is 1. The lowest BCUT2D eigenvalue weighted by atomic mass is 9.99. The fourth-order valence-corrected chi connectivity index (χ4v) is 5.33. The van der Waals surface area contributed by atoms with Gasteiger partial charge in [0.05, 0.1) is 47.3 Å². The molecule has 0 N–H and O–H groups in total. The van der Waals surface area contributed by atoms with Crippen LogP contribution >= 0.6 is 0 Å². The topological polar surface area (TPSA) is 110 Å². The molecule has 2 aromatic carbocycles. The largest absolute Gasteiger partial charge is 0.494 e. The Kier molecular flexibility index (Phi) is 8.03. The Morgan fingerprint density at radius 2 is 1.84 bits per heavy atom. The second-order valence-corrected chi connectivity index (χ2v) is 11.8. The molecular weight excluding hydrogens is 594 g/mol. The third-order valence-electron chi connectivity index (χ3n) is 7.43. The van der Waals surface area contributed by atoms with Crippen LogP contribution in [0.25, 0.3) is 27.7 Å². The molecule has 2 atom stereocenters. The number of methoxy groups -OCH3 is 1. The highest BCUT2D eigenvalue weighted by atomic mass is 19.4. The number of halogens is 4. The minimum Gasteiger partial charge on any atom is -0.494 e. The molecule has 3 heterocycles. The molecule has 5 rings (SSSR count). The van der Waals surface area contributed by atoms with Gasteiger partial charge < -0.3 is 9.47 Å². The van der Waals surface area contributed by atoms with Crippen molar-refractivity contribution in [2.24, 2.45) is 5.92 Å². The number of amides is 1. The molecule has 234 valence electrons. The highest BCUT2D eigenvalue weighted by Crippen LogP contribution is 2.44. The van der Waals surface area contributed by atoms with Gasteiger partial charge in [0.1, 0.15) is 11.4 Å². The van der Waals surface area contributed by atoms with Gasteiger partial charge in [-0.05, 0) is 64.4 Å². The zero-order valence-corrected chi connectivity index (χ0v) is 25.1. The number of aryl methyl sites for hydroxylation is 1. The van der Waals surface area contributed by atoms with Gasteiger partial charge in [-0.3, -0.25) is 19.2 Å². The van der Waals surface area contributed by atoms with Gasteiger partial charge in [0.25, 0.3) is 5.56 Å². The number of hydrogen-bond acceptors (Lipinski definition) is 7. The number of likely N-dealkylation sites (tertiary alicyclic amines) is 1. The first-order chi connectivity index (χ1) is 21.1. The molecule has 4 aromatic rings. The Hall–Kier alpha value is -4.99.